The second kappa shape index (κ2) is 9.10. The van der Waals surface area contributed by atoms with Crippen LogP contribution in [0.15, 0.2) is 42.7 Å². The number of carbonyl (C=O) groups is 1. The van der Waals surface area contributed by atoms with Gasteiger partial charge in [0.1, 0.15) is 17.2 Å². The Morgan fingerprint density at radius 3 is 2.58 bits per heavy atom. The van der Waals surface area contributed by atoms with Gasteiger partial charge in [-0.25, -0.2) is 28.7 Å². The molecule has 0 saturated carbocycles. The molecular formula is C25H20F3N4O7P. The van der Waals surface area contributed by atoms with Crippen molar-refractivity contribution in [3.63, 3.8) is 0 Å². The van der Waals surface area contributed by atoms with Crippen molar-refractivity contribution < 1.29 is 46.3 Å². The highest BCUT2D eigenvalue weighted by Gasteiger charge is 2.44. The monoisotopic (exact) mass is 576 g/mol. The third-order valence-electron chi connectivity index (χ3n) is 6.78. The van der Waals surface area contributed by atoms with E-state index in [1.165, 1.54) is 56.6 Å². The highest BCUT2D eigenvalue weighted by Crippen LogP contribution is 2.50. The number of fused-ring (bicyclic) bond motifs is 9. The van der Waals surface area contributed by atoms with Crippen LogP contribution in [0.25, 0.3) is 22.2 Å². The molecule has 2 atom stereocenters. The SMILES string of the molecule is CC(C)(OP(=O)(O)O)c1ncc(-c2cc3c(cc2F)nc2n3[C@@H]3C[C@H]2OC(=O)c2cccc(OC(F)F)c23)cn1. The zero-order chi connectivity index (χ0) is 28.6. The Morgan fingerprint density at radius 2 is 1.90 bits per heavy atom. The fourth-order valence-corrected chi connectivity index (χ4v) is 5.92. The first-order chi connectivity index (χ1) is 18.8. The number of imidazole rings is 1. The average molecular weight is 576 g/mol. The number of alkyl halides is 2. The smallest absolute Gasteiger partial charge is 0.450 e. The largest absolute Gasteiger partial charge is 0.470 e. The molecule has 0 spiro atoms. The van der Waals surface area contributed by atoms with E-state index in [2.05, 4.69) is 15.0 Å². The molecule has 0 fully saturated rings. The Hall–Kier alpha value is -3.84. The molecule has 40 heavy (non-hydrogen) atoms. The van der Waals surface area contributed by atoms with E-state index in [9.17, 15) is 18.1 Å². The highest BCUT2D eigenvalue weighted by atomic mass is 31.2. The molecule has 208 valence electrons. The van der Waals surface area contributed by atoms with Crippen molar-refractivity contribution in [2.75, 3.05) is 0 Å². The van der Waals surface area contributed by atoms with Crippen LogP contribution in [0.3, 0.4) is 0 Å². The van der Waals surface area contributed by atoms with Crippen LogP contribution >= 0.6 is 7.82 Å². The fraction of sp³-hybridized carbons (Fsp3) is 0.280. The minimum absolute atomic E-state index is 0.0404. The van der Waals surface area contributed by atoms with Crippen LogP contribution in [0, 0.1) is 5.82 Å². The molecule has 4 aromatic rings. The first-order valence-corrected chi connectivity index (χ1v) is 13.4. The number of nitrogens with zero attached hydrogens (tertiary/aromatic N) is 4. The lowest BCUT2D eigenvalue weighted by Gasteiger charge is -2.23. The Kier molecular flexibility index (Phi) is 6.00. The van der Waals surface area contributed by atoms with Crippen molar-refractivity contribution in [2.45, 2.75) is 44.6 Å². The van der Waals surface area contributed by atoms with Crippen LogP contribution in [0.1, 0.15) is 60.0 Å². The van der Waals surface area contributed by atoms with Crippen LogP contribution in [-0.2, 0) is 19.4 Å². The molecule has 11 nitrogen and oxygen atoms in total. The normalized spacial score (nSPS) is 18.4. The predicted molar refractivity (Wildman–Crippen MR) is 131 cm³/mol. The van der Waals surface area contributed by atoms with E-state index < -0.39 is 44.0 Å². The Morgan fingerprint density at radius 1 is 1.18 bits per heavy atom. The third kappa shape index (κ3) is 4.42. The summed E-state index contributed by atoms with van der Waals surface area (Å²) in [6.07, 6.45) is 2.00. The number of hydrogen-bond donors (Lipinski definition) is 2. The van der Waals surface area contributed by atoms with Gasteiger partial charge < -0.3 is 23.8 Å². The second-order valence-electron chi connectivity index (χ2n) is 9.79. The second-order valence-corrected chi connectivity index (χ2v) is 11.0. The molecule has 2 aliphatic heterocycles. The Balaban J connectivity index is 1.46. The van der Waals surface area contributed by atoms with E-state index >= 15 is 4.39 Å². The summed E-state index contributed by atoms with van der Waals surface area (Å²) >= 11 is 0. The van der Waals surface area contributed by atoms with Crippen LogP contribution < -0.4 is 4.74 Å². The molecule has 4 heterocycles. The van der Waals surface area contributed by atoms with Crippen LogP contribution in [-0.4, -0.2) is 41.9 Å². The lowest BCUT2D eigenvalue weighted by atomic mass is 9.97. The van der Waals surface area contributed by atoms with Crippen molar-refractivity contribution in [1.29, 1.82) is 0 Å². The van der Waals surface area contributed by atoms with E-state index in [-0.39, 0.29) is 45.8 Å². The maximum atomic E-state index is 15.3. The topological polar surface area (TPSA) is 146 Å². The summed E-state index contributed by atoms with van der Waals surface area (Å²) in [5, 5.41) is 0. The number of esters is 1. The van der Waals surface area contributed by atoms with Gasteiger partial charge in [0.2, 0.25) is 0 Å². The Bertz CT molecular complexity index is 1720. The molecule has 0 amide bonds. The molecule has 0 aliphatic carbocycles. The number of carbonyl (C=O) groups excluding carboxylic acids is 1. The number of rotatable bonds is 6. The molecule has 2 aromatic heterocycles. The number of benzene rings is 2. The van der Waals surface area contributed by atoms with E-state index in [1.54, 1.807) is 4.57 Å². The summed E-state index contributed by atoms with van der Waals surface area (Å²) in [5.74, 6) is -1.23. The summed E-state index contributed by atoms with van der Waals surface area (Å²) in [4.78, 5) is 43.9. The van der Waals surface area contributed by atoms with E-state index in [4.69, 9.17) is 23.8 Å². The van der Waals surface area contributed by atoms with Crippen molar-refractivity contribution >= 4 is 24.8 Å². The van der Waals surface area contributed by atoms with Gasteiger partial charge in [-0.3, -0.25) is 4.52 Å². The van der Waals surface area contributed by atoms with Crippen LogP contribution in [0.5, 0.6) is 5.75 Å². The van der Waals surface area contributed by atoms with Crippen molar-refractivity contribution in [2.24, 2.45) is 0 Å². The van der Waals surface area contributed by atoms with Crippen LogP contribution in [0.2, 0.25) is 0 Å². The summed E-state index contributed by atoms with van der Waals surface area (Å²) in [7, 11) is -4.84. The molecule has 0 radical (unpaired) electrons. The van der Waals surface area contributed by atoms with Gasteiger partial charge in [-0.2, -0.15) is 8.78 Å². The first-order valence-electron chi connectivity index (χ1n) is 11.9. The maximum absolute atomic E-state index is 15.3. The summed E-state index contributed by atoms with van der Waals surface area (Å²) in [6, 6.07) is 6.28. The average Bonchev–Trinajstić information content (AvgIpc) is 3.33. The molecule has 6 rings (SSSR count). The highest BCUT2D eigenvalue weighted by molar-refractivity contribution is 7.46. The maximum Gasteiger partial charge on any atom is 0.470 e. The summed E-state index contributed by atoms with van der Waals surface area (Å²) in [6.45, 7) is -0.371. The minimum Gasteiger partial charge on any atom is -0.450 e. The molecule has 2 aliphatic rings. The molecular weight excluding hydrogens is 556 g/mol. The number of phosphoric ester groups is 1. The first kappa shape index (κ1) is 26.4. The quantitative estimate of drug-likeness (QED) is 0.243. The number of ether oxygens (including phenoxy) is 2. The lowest BCUT2D eigenvalue weighted by Crippen LogP contribution is -2.23. The van der Waals surface area contributed by atoms with E-state index in [0.717, 1.165) is 0 Å². The third-order valence-corrected chi connectivity index (χ3v) is 7.47. The standard InChI is InChI=1S/C25H20F3N4O7P/c1-25(2,39-40(34,35)36)23-29-9-11(10-30-23)13-6-16-15(7-14(13)26)31-21-19-8-17(32(16)21)20-12(22(33)37-19)4-3-5-18(20)38-24(27)28/h3-7,9-10,17,19,24H,8H2,1-2H3,(H2,34,35,36)/t17-,19-/m1/s1. The van der Waals surface area contributed by atoms with Gasteiger partial charge in [0, 0.05) is 41.6 Å². The van der Waals surface area contributed by atoms with Gasteiger partial charge in [-0.15, -0.1) is 0 Å². The van der Waals surface area contributed by atoms with Gasteiger partial charge >= 0.3 is 20.4 Å². The zero-order valence-corrected chi connectivity index (χ0v) is 21.7. The number of aromatic nitrogens is 4. The molecule has 0 unspecified atom stereocenters. The molecule has 2 bridgehead atoms. The fourth-order valence-electron chi connectivity index (χ4n) is 5.25. The molecule has 2 N–H and O–H groups in total. The van der Waals surface area contributed by atoms with Gasteiger partial charge in [0.05, 0.1) is 22.6 Å². The number of hydrogen-bond acceptors (Lipinski definition) is 8. The summed E-state index contributed by atoms with van der Waals surface area (Å²) in [5.41, 5.74) is -0.189. The zero-order valence-electron chi connectivity index (χ0n) is 20.8. The van der Waals surface area contributed by atoms with Gasteiger partial charge in [-0.05, 0) is 32.0 Å². The lowest BCUT2D eigenvalue weighted by molar-refractivity contribution is -0.0507. The predicted octanol–water partition coefficient (Wildman–Crippen LogP) is 4.78. The van der Waals surface area contributed by atoms with Gasteiger partial charge in [-0.1, -0.05) is 6.07 Å². The van der Waals surface area contributed by atoms with Crippen LogP contribution in [0.4, 0.5) is 13.2 Å². The minimum atomic E-state index is -4.84. The number of phosphoric acid groups is 1. The molecule has 0 saturated heterocycles. The summed E-state index contributed by atoms with van der Waals surface area (Å²) < 4.78 is 69.9. The molecule has 2 aromatic carbocycles. The van der Waals surface area contributed by atoms with Gasteiger partial charge in [0.25, 0.3) is 0 Å². The van der Waals surface area contributed by atoms with Gasteiger partial charge in [0.15, 0.2) is 17.8 Å². The molecule has 15 heteroatoms. The van der Waals surface area contributed by atoms with Crippen molar-refractivity contribution in [3.05, 3.63) is 71.3 Å². The van der Waals surface area contributed by atoms with E-state index in [1.807, 2.05) is 0 Å². The van der Waals surface area contributed by atoms with Crippen molar-refractivity contribution in [1.82, 2.24) is 19.5 Å². The number of halogens is 3. The van der Waals surface area contributed by atoms with Crippen molar-refractivity contribution in [3.8, 4) is 16.9 Å². The Labute approximate surface area is 223 Å². The van der Waals surface area contributed by atoms with E-state index in [0.29, 0.717) is 11.3 Å².